The molecule has 2 aromatic rings. The Hall–Kier alpha value is -1.58. The van der Waals surface area contributed by atoms with Gasteiger partial charge in [-0.2, -0.15) is 0 Å². The highest BCUT2D eigenvalue weighted by Crippen LogP contribution is 2.31. The van der Waals surface area contributed by atoms with Crippen LogP contribution in [0.2, 0.25) is 5.02 Å². The van der Waals surface area contributed by atoms with Gasteiger partial charge in [-0.1, -0.05) is 29.8 Å². The number of halogens is 2. The standard InChI is InChI=1S/C13H11ClFNO/c14-10-4-3-7-12(9(10)8-16)17-13-6-2-1-5-11(13)15/h1-7H,8,16H2. The SMILES string of the molecule is NCc1c(Cl)cccc1Oc1ccccc1F. The molecule has 2 rings (SSSR count). The monoisotopic (exact) mass is 251 g/mol. The van der Waals surface area contributed by atoms with Gasteiger partial charge < -0.3 is 10.5 Å². The molecule has 0 aliphatic heterocycles. The fourth-order valence-electron chi connectivity index (χ4n) is 1.48. The molecule has 2 nitrogen and oxygen atoms in total. The summed E-state index contributed by atoms with van der Waals surface area (Å²) in [7, 11) is 0. The normalized spacial score (nSPS) is 10.3. The van der Waals surface area contributed by atoms with Gasteiger partial charge in [0, 0.05) is 17.1 Å². The van der Waals surface area contributed by atoms with Gasteiger partial charge in [0.1, 0.15) is 5.75 Å². The van der Waals surface area contributed by atoms with Gasteiger partial charge in [0.25, 0.3) is 0 Å². The lowest BCUT2D eigenvalue weighted by atomic mass is 10.2. The Morgan fingerprint density at radius 1 is 1.06 bits per heavy atom. The Morgan fingerprint density at radius 3 is 2.47 bits per heavy atom. The number of hydrogen-bond acceptors (Lipinski definition) is 2. The molecule has 0 amide bonds. The van der Waals surface area contributed by atoms with E-state index in [-0.39, 0.29) is 12.3 Å². The second kappa shape index (κ2) is 5.17. The average Bonchev–Trinajstić information content (AvgIpc) is 2.32. The zero-order valence-electron chi connectivity index (χ0n) is 8.99. The topological polar surface area (TPSA) is 35.2 Å². The minimum Gasteiger partial charge on any atom is -0.454 e. The van der Waals surface area contributed by atoms with Gasteiger partial charge in [-0.15, -0.1) is 0 Å². The van der Waals surface area contributed by atoms with Crippen molar-refractivity contribution in [3.05, 3.63) is 58.9 Å². The molecule has 0 bridgehead atoms. The summed E-state index contributed by atoms with van der Waals surface area (Å²) in [5, 5.41) is 0.515. The van der Waals surface area contributed by atoms with Gasteiger partial charge in [0.2, 0.25) is 0 Å². The van der Waals surface area contributed by atoms with Crippen molar-refractivity contribution in [2.45, 2.75) is 6.54 Å². The minimum atomic E-state index is -0.421. The number of benzene rings is 2. The molecule has 17 heavy (non-hydrogen) atoms. The number of hydrogen-bond donors (Lipinski definition) is 1. The van der Waals surface area contributed by atoms with E-state index in [4.69, 9.17) is 22.1 Å². The van der Waals surface area contributed by atoms with Crippen molar-refractivity contribution in [3.8, 4) is 11.5 Å². The molecule has 0 aromatic heterocycles. The molecule has 0 saturated heterocycles. The first-order valence-electron chi connectivity index (χ1n) is 5.12. The van der Waals surface area contributed by atoms with Gasteiger partial charge in [0.15, 0.2) is 11.6 Å². The van der Waals surface area contributed by atoms with Crippen LogP contribution in [0.25, 0.3) is 0 Å². The number of ether oxygens (including phenoxy) is 1. The van der Waals surface area contributed by atoms with Crippen molar-refractivity contribution in [1.82, 2.24) is 0 Å². The van der Waals surface area contributed by atoms with E-state index in [0.29, 0.717) is 16.3 Å². The highest BCUT2D eigenvalue weighted by atomic mass is 35.5. The predicted octanol–water partition coefficient (Wildman–Crippen LogP) is 3.73. The van der Waals surface area contributed by atoms with Crippen LogP contribution in [0.5, 0.6) is 11.5 Å². The average molecular weight is 252 g/mol. The fourth-order valence-corrected chi connectivity index (χ4v) is 1.72. The molecule has 4 heteroatoms. The molecule has 0 spiro atoms. The van der Waals surface area contributed by atoms with Crippen molar-refractivity contribution in [2.75, 3.05) is 0 Å². The summed E-state index contributed by atoms with van der Waals surface area (Å²) in [6.07, 6.45) is 0. The molecular formula is C13H11ClFNO. The molecule has 0 radical (unpaired) electrons. The van der Waals surface area contributed by atoms with E-state index < -0.39 is 5.82 Å². The number of para-hydroxylation sites is 1. The van der Waals surface area contributed by atoms with Crippen molar-refractivity contribution in [1.29, 1.82) is 0 Å². The Balaban J connectivity index is 2.37. The summed E-state index contributed by atoms with van der Waals surface area (Å²) in [4.78, 5) is 0. The summed E-state index contributed by atoms with van der Waals surface area (Å²) in [5.74, 6) is 0.213. The van der Waals surface area contributed by atoms with Gasteiger partial charge in [-0.25, -0.2) is 4.39 Å². The van der Waals surface area contributed by atoms with Crippen LogP contribution in [0.1, 0.15) is 5.56 Å². The molecule has 0 atom stereocenters. The van der Waals surface area contributed by atoms with E-state index in [1.807, 2.05) is 0 Å². The molecule has 0 heterocycles. The summed E-state index contributed by atoms with van der Waals surface area (Å²) >= 11 is 5.98. The molecule has 2 aromatic carbocycles. The molecule has 0 fully saturated rings. The van der Waals surface area contributed by atoms with Crippen LogP contribution in [0.4, 0.5) is 4.39 Å². The van der Waals surface area contributed by atoms with Crippen LogP contribution < -0.4 is 10.5 Å². The number of rotatable bonds is 3. The van der Waals surface area contributed by atoms with Crippen LogP contribution >= 0.6 is 11.6 Å². The Labute approximate surface area is 104 Å². The lowest BCUT2D eigenvalue weighted by Gasteiger charge is -2.11. The van der Waals surface area contributed by atoms with Crippen molar-refractivity contribution in [2.24, 2.45) is 5.73 Å². The van der Waals surface area contributed by atoms with Crippen molar-refractivity contribution >= 4 is 11.6 Å². The fraction of sp³-hybridized carbons (Fsp3) is 0.0769. The molecule has 0 aliphatic carbocycles. The van der Waals surface area contributed by atoms with Gasteiger partial charge in [-0.05, 0) is 24.3 Å². The van der Waals surface area contributed by atoms with E-state index in [1.54, 1.807) is 36.4 Å². The van der Waals surface area contributed by atoms with E-state index in [1.165, 1.54) is 6.07 Å². The summed E-state index contributed by atoms with van der Waals surface area (Å²) in [6.45, 7) is 0.240. The quantitative estimate of drug-likeness (QED) is 0.902. The summed E-state index contributed by atoms with van der Waals surface area (Å²) < 4.78 is 18.9. The van der Waals surface area contributed by atoms with E-state index in [2.05, 4.69) is 0 Å². The third kappa shape index (κ3) is 2.57. The van der Waals surface area contributed by atoms with Crippen LogP contribution in [0, 0.1) is 5.82 Å². The highest BCUT2D eigenvalue weighted by molar-refractivity contribution is 6.31. The van der Waals surface area contributed by atoms with Crippen LogP contribution in [0.15, 0.2) is 42.5 Å². The zero-order valence-corrected chi connectivity index (χ0v) is 9.75. The molecular weight excluding hydrogens is 241 g/mol. The predicted molar refractivity (Wildman–Crippen MR) is 65.8 cm³/mol. The Bertz CT molecular complexity index is 531. The summed E-state index contributed by atoms with van der Waals surface area (Å²) in [6, 6.07) is 11.4. The smallest absolute Gasteiger partial charge is 0.165 e. The van der Waals surface area contributed by atoms with Crippen molar-refractivity contribution < 1.29 is 9.13 Å². The third-order valence-electron chi connectivity index (χ3n) is 2.34. The van der Waals surface area contributed by atoms with Gasteiger partial charge >= 0.3 is 0 Å². The molecule has 88 valence electrons. The number of nitrogens with two attached hydrogens (primary N) is 1. The second-order valence-electron chi connectivity index (χ2n) is 3.45. The minimum absolute atomic E-state index is 0.157. The summed E-state index contributed by atoms with van der Waals surface area (Å²) in [5.41, 5.74) is 6.25. The van der Waals surface area contributed by atoms with Crippen LogP contribution in [0.3, 0.4) is 0 Å². The molecule has 2 N–H and O–H groups in total. The highest BCUT2D eigenvalue weighted by Gasteiger charge is 2.09. The van der Waals surface area contributed by atoms with E-state index in [0.717, 1.165) is 0 Å². The lowest BCUT2D eigenvalue weighted by Crippen LogP contribution is -2.00. The molecule has 0 aliphatic rings. The Morgan fingerprint density at radius 2 is 1.76 bits per heavy atom. The van der Waals surface area contributed by atoms with Crippen LogP contribution in [-0.4, -0.2) is 0 Å². The van der Waals surface area contributed by atoms with Crippen molar-refractivity contribution in [3.63, 3.8) is 0 Å². The maximum atomic E-state index is 13.4. The first-order valence-corrected chi connectivity index (χ1v) is 5.50. The second-order valence-corrected chi connectivity index (χ2v) is 3.86. The van der Waals surface area contributed by atoms with E-state index in [9.17, 15) is 4.39 Å². The zero-order chi connectivity index (χ0) is 12.3. The Kier molecular flexibility index (Phi) is 3.61. The van der Waals surface area contributed by atoms with Gasteiger partial charge in [0.05, 0.1) is 0 Å². The van der Waals surface area contributed by atoms with Gasteiger partial charge in [-0.3, -0.25) is 0 Å². The maximum Gasteiger partial charge on any atom is 0.165 e. The van der Waals surface area contributed by atoms with Crippen LogP contribution in [-0.2, 0) is 6.54 Å². The largest absolute Gasteiger partial charge is 0.454 e. The first-order chi connectivity index (χ1) is 8.22. The maximum absolute atomic E-state index is 13.4. The third-order valence-corrected chi connectivity index (χ3v) is 2.69. The first kappa shape index (κ1) is 11.9. The lowest BCUT2D eigenvalue weighted by molar-refractivity contribution is 0.438. The molecule has 0 saturated carbocycles. The molecule has 0 unspecified atom stereocenters. The van der Waals surface area contributed by atoms with E-state index >= 15 is 0 Å².